The summed E-state index contributed by atoms with van der Waals surface area (Å²) in [4.78, 5) is 27.5. The van der Waals surface area contributed by atoms with Crippen molar-refractivity contribution in [1.29, 1.82) is 0 Å². The maximum Gasteiger partial charge on any atom is 0.271 e. The summed E-state index contributed by atoms with van der Waals surface area (Å²) < 4.78 is 19.5. The number of halogens is 1. The smallest absolute Gasteiger partial charge is 0.271 e. The Bertz CT molecular complexity index is 1140. The lowest BCUT2D eigenvalue weighted by molar-refractivity contribution is 0.145. The van der Waals surface area contributed by atoms with Crippen molar-refractivity contribution in [2.75, 3.05) is 18.0 Å². The van der Waals surface area contributed by atoms with Gasteiger partial charge in [-0.3, -0.25) is 14.0 Å². The van der Waals surface area contributed by atoms with Gasteiger partial charge < -0.3 is 14.6 Å². The fourth-order valence-corrected chi connectivity index (χ4v) is 4.81. The van der Waals surface area contributed by atoms with Crippen LogP contribution in [0.15, 0.2) is 21.7 Å². The van der Waals surface area contributed by atoms with Crippen LogP contribution < -0.4 is 15.9 Å². The molecule has 2 aliphatic rings. The van der Waals surface area contributed by atoms with Crippen molar-refractivity contribution in [2.45, 2.75) is 37.8 Å². The third-order valence-electron chi connectivity index (χ3n) is 5.41. The molecular formula is C18H18FN3O3S. The second-order valence-electron chi connectivity index (χ2n) is 7.18. The Labute approximate surface area is 151 Å². The van der Waals surface area contributed by atoms with E-state index in [0.717, 1.165) is 12.8 Å². The second-order valence-corrected chi connectivity index (χ2v) is 7.98. The van der Waals surface area contributed by atoms with Gasteiger partial charge in [0.05, 0.1) is 17.3 Å². The van der Waals surface area contributed by atoms with Crippen LogP contribution in [0.25, 0.3) is 21.1 Å². The molecule has 8 heteroatoms. The van der Waals surface area contributed by atoms with Crippen molar-refractivity contribution in [2.24, 2.45) is 0 Å². The Morgan fingerprint density at radius 3 is 2.58 bits per heavy atom. The zero-order chi connectivity index (χ0) is 18.0. The molecule has 2 fully saturated rings. The molecule has 0 unspecified atom stereocenters. The third kappa shape index (κ3) is 2.32. The standard InChI is InChI=1S/C18H18FN3O3S/c19-12-7-11-13(8-14(12)21-5-3-10(23)4-6-21)22(9-1-2-9)18-15(16(11)24)17(25)20-26-18/h7-10,23H,1-6H2,(H,20,25). The van der Waals surface area contributed by atoms with Crippen LogP contribution in [0.4, 0.5) is 10.1 Å². The number of hydrogen-bond acceptors (Lipinski definition) is 5. The zero-order valence-electron chi connectivity index (χ0n) is 14.0. The van der Waals surface area contributed by atoms with E-state index in [4.69, 9.17) is 0 Å². The van der Waals surface area contributed by atoms with Gasteiger partial charge in [-0.2, -0.15) is 0 Å². The Morgan fingerprint density at radius 1 is 1.15 bits per heavy atom. The van der Waals surface area contributed by atoms with Gasteiger partial charge in [-0.25, -0.2) is 4.39 Å². The number of aliphatic hydroxyl groups is 1. The van der Waals surface area contributed by atoms with Crippen LogP contribution in [0.5, 0.6) is 0 Å². The molecule has 1 aromatic carbocycles. The molecule has 1 saturated heterocycles. The van der Waals surface area contributed by atoms with E-state index < -0.39 is 16.8 Å². The van der Waals surface area contributed by atoms with Gasteiger partial charge in [-0.05, 0) is 49.3 Å². The second kappa shape index (κ2) is 5.65. The van der Waals surface area contributed by atoms with Crippen LogP contribution in [-0.4, -0.2) is 33.2 Å². The van der Waals surface area contributed by atoms with Crippen LogP contribution in [0.3, 0.4) is 0 Å². The lowest BCUT2D eigenvalue weighted by atomic mass is 10.1. The molecule has 6 nitrogen and oxygen atoms in total. The maximum absolute atomic E-state index is 14.8. The number of benzene rings is 1. The van der Waals surface area contributed by atoms with Crippen molar-refractivity contribution >= 4 is 38.3 Å². The van der Waals surface area contributed by atoms with E-state index in [9.17, 15) is 19.1 Å². The minimum absolute atomic E-state index is 0.127. The number of pyridine rings is 1. The maximum atomic E-state index is 14.8. The molecule has 1 aliphatic heterocycles. The predicted octanol–water partition coefficient (Wildman–Crippen LogP) is 2.34. The number of nitrogens with zero attached hydrogens (tertiary/aromatic N) is 2. The molecule has 26 heavy (non-hydrogen) atoms. The molecule has 1 saturated carbocycles. The average molecular weight is 375 g/mol. The quantitative estimate of drug-likeness (QED) is 0.721. The monoisotopic (exact) mass is 375 g/mol. The molecule has 2 N–H and O–H groups in total. The fraction of sp³-hybridized carbons (Fsp3) is 0.444. The highest BCUT2D eigenvalue weighted by Gasteiger charge is 2.30. The summed E-state index contributed by atoms with van der Waals surface area (Å²) in [5.74, 6) is -0.459. The van der Waals surface area contributed by atoms with Gasteiger partial charge >= 0.3 is 0 Å². The van der Waals surface area contributed by atoms with Crippen LogP contribution >= 0.6 is 11.5 Å². The van der Waals surface area contributed by atoms with Gasteiger partial charge in [0.25, 0.3) is 5.56 Å². The minimum Gasteiger partial charge on any atom is -0.393 e. The number of aliphatic hydroxyl groups excluding tert-OH is 1. The van der Waals surface area contributed by atoms with Crippen molar-refractivity contribution in [3.63, 3.8) is 0 Å². The van der Waals surface area contributed by atoms with Crippen molar-refractivity contribution in [3.8, 4) is 0 Å². The molecule has 3 aromatic rings. The summed E-state index contributed by atoms with van der Waals surface area (Å²) in [5, 5.41) is 10.1. The molecule has 3 heterocycles. The van der Waals surface area contributed by atoms with E-state index >= 15 is 0 Å². The Morgan fingerprint density at radius 2 is 1.88 bits per heavy atom. The molecule has 0 spiro atoms. The number of nitrogens with one attached hydrogen (secondary N) is 1. The number of fused-ring (bicyclic) bond motifs is 2. The van der Waals surface area contributed by atoms with Crippen LogP contribution in [0.2, 0.25) is 0 Å². The van der Waals surface area contributed by atoms with E-state index in [0.29, 0.717) is 42.0 Å². The van der Waals surface area contributed by atoms with Gasteiger partial charge in [0.15, 0.2) is 0 Å². The van der Waals surface area contributed by atoms with Gasteiger partial charge in [-0.1, -0.05) is 0 Å². The molecule has 5 rings (SSSR count). The predicted molar refractivity (Wildman–Crippen MR) is 99.9 cm³/mol. The molecule has 2 aromatic heterocycles. The number of anilines is 1. The Hall–Kier alpha value is -2.19. The van der Waals surface area contributed by atoms with Gasteiger partial charge in [0.1, 0.15) is 16.0 Å². The molecule has 0 bridgehead atoms. The van der Waals surface area contributed by atoms with E-state index in [1.807, 2.05) is 9.47 Å². The molecule has 1 aliphatic carbocycles. The Balaban J connectivity index is 1.80. The Kier molecular flexibility index (Phi) is 3.48. The van der Waals surface area contributed by atoms with Crippen LogP contribution in [0.1, 0.15) is 31.7 Å². The van der Waals surface area contributed by atoms with Crippen molar-refractivity contribution < 1.29 is 9.50 Å². The minimum atomic E-state index is -0.459. The number of aromatic amines is 1. The van der Waals surface area contributed by atoms with Gasteiger partial charge in [0.2, 0.25) is 5.43 Å². The van der Waals surface area contributed by atoms with E-state index in [-0.39, 0.29) is 22.9 Å². The molecule has 0 radical (unpaired) electrons. The van der Waals surface area contributed by atoms with E-state index in [1.54, 1.807) is 6.07 Å². The lowest BCUT2D eigenvalue weighted by Gasteiger charge is -2.32. The highest BCUT2D eigenvalue weighted by molar-refractivity contribution is 7.12. The molecule has 136 valence electrons. The molecule has 0 amide bonds. The highest BCUT2D eigenvalue weighted by atomic mass is 32.1. The zero-order valence-corrected chi connectivity index (χ0v) is 14.8. The summed E-state index contributed by atoms with van der Waals surface area (Å²) in [6, 6.07) is 3.26. The highest BCUT2D eigenvalue weighted by Crippen LogP contribution is 2.40. The van der Waals surface area contributed by atoms with Crippen LogP contribution in [0, 0.1) is 5.82 Å². The number of hydrogen-bond donors (Lipinski definition) is 2. The summed E-state index contributed by atoms with van der Waals surface area (Å²) in [7, 11) is 0. The van der Waals surface area contributed by atoms with Gasteiger partial charge in [0, 0.05) is 24.5 Å². The average Bonchev–Trinajstić information content (AvgIpc) is 3.39. The number of rotatable bonds is 2. The summed E-state index contributed by atoms with van der Waals surface area (Å²) in [6.45, 7) is 1.16. The molecule has 0 atom stereocenters. The number of H-pyrrole nitrogens is 1. The van der Waals surface area contributed by atoms with Crippen LogP contribution in [-0.2, 0) is 0 Å². The summed E-state index contributed by atoms with van der Waals surface area (Å²) in [6.07, 6.45) is 2.84. The first-order chi connectivity index (χ1) is 12.5. The largest absolute Gasteiger partial charge is 0.393 e. The first-order valence-electron chi connectivity index (χ1n) is 8.86. The third-order valence-corrected chi connectivity index (χ3v) is 6.30. The van der Waals surface area contributed by atoms with E-state index in [1.165, 1.54) is 17.6 Å². The van der Waals surface area contributed by atoms with Crippen molar-refractivity contribution in [1.82, 2.24) is 8.94 Å². The first kappa shape index (κ1) is 16.0. The van der Waals surface area contributed by atoms with E-state index in [2.05, 4.69) is 4.37 Å². The number of piperidine rings is 1. The first-order valence-corrected chi connectivity index (χ1v) is 9.68. The summed E-state index contributed by atoms with van der Waals surface area (Å²) >= 11 is 1.17. The molecular weight excluding hydrogens is 357 g/mol. The fourth-order valence-electron chi connectivity index (χ4n) is 3.88. The SMILES string of the molecule is O=c1[nH]sc2c1c(=O)c1cc(F)c(N3CCC(O)CC3)cc1n2C1CC1. The summed E-state index contributed by atoms with van der Waals surface area (Å²) in [5.41, 5.74) is 0.331. The normalized spacial score (nSPS) is 18.9. The lowest BCUT2D eigenvalue weighted by Crippen LogP contribution is -2.36. The topological polar surface area (TPSA) is 78.3 Å². The van der Waals surface area contributed by atoms with Gasteiger partial charge in [-0.15, -0.1) is 0 Å². The number of aromatic nitrogens is 2. The van der Waals surface area contributed by atoms with Crippen molar-refractivity contribution in [3.05, 3.63) is 38.5 Å².